The Morgan fingerprint density at radius 3 is 2.90 bits per heavy atom. The molecule has 0 aliphatic rings. The highest BCUT2D eigenvalue weighted by Crippen LogP contribution is 2.15. The van der Waals surface area contributed by atoms with E-state index >= 15 is 0 Å². The lowest BCUT2D eigenvalue weighted by molar-refractivity contribution is 0.355. The van der Waals surface area contributed by atoms with E-state index in [0.29, 0.717) is 0 Å². The topological polar surface area (TPSA) is 31.9 Å². The Morgan fingerprint density at radius 2 is 2.30 bits per heavy atom. The fourth-order valence-corrected chi connectivity index (χ4v) is 0.810. The number of hydrogen-bond donors (Lipinski definition) is 1. The van der Waals surface area contributed by atoms with Crippen LogP contribution in [0.1, 0.15) is 6.92 Å². The molecule has 0 unspecified atom stereocenters. The highest BCUT2D eigenvalue weighted by atomic mass is 16.3. The maximum absolute atomic E-state index is 10.7. The average molecular weight is 136 g/mol. The van der Waals surface area contributed by atoms with E-state index in [0.717, 1.165) is 12.2 Å². The average Bonchev–Trinajstić information content (AvgIpc) is 1.88. The molecule has 0 amide bonds. The molecule has 0 heterocycles. The third kappa shape index (κ3) is 1.65. The Kier molecular flexibility index (Phi) is 2.15. The predicted molar refractivity (Wildman–Crippen MR) is 40.7 cm³/mol. The normalized spacial score (nSPS) is 9.30. The van der Waals surface area contributed by atoms with E-state index in [2.05, 4.69) is 5.32 Å². The fraction of sp³-hybridized carbons (Fsp3) is 0.250. The first-order chi connectivity index (χ1) is 4.83. The molecule has 1 aromatic carbocycles. The van der Waals surface area contributed by atoms with Gasteiger partial charge in [0, 0.05) is 18.3 Å². The van der Waals surface area contributed by atoms with E-state index in [1.807, 2.05) is 13.0 Å². The lowest BCUT2D eigenvalue weighted by Gasteiger charge is -2.00. The minimum Gasteiger partial charge on any atom is -0.385 e. The van der Waals surface area contributed by atoms with Crippen molar-refractivity contribution in [2.75, 3.05) is 11.9 Å². The van der Waals surface area contributed by atoms with Gasteiger partial charge < -0.3 is 5.32 Å². The second-order valence-corrected chi connectivity index (χ2v) is 2.06. The van der Waals surface area contributed by atoms with E-state index in [1.54, 1.807) is 18.2 Å². The van der Waals surface area contributed by atoms with Gasteiger partial charge in [-0.1, -0.05) is 6.07 Å². The van der Waals surface area contributed by atoms with Crippen LogP contribution in [0.3, 0.4) is 0 Å². The summed E-state index contributed by atoms with van der Waals surface area (Å²) in [6.45, 7) is 2.85. The number of rotatable bonds is 2. The van der Waals surface area contributed by atoms with Gasteiger partial charge in [0.25, 0.3) is 0 Å². The van der Waals surface area contributed by atoms with Crippen LogP contribution < -0.4 is 5.32 Å². The molecule has 0 aromatic heterocycles. The second kappa shape index (κ2) is 3.11. The molecule has 0 saturated carbocycles. The van der Waals surface area contributed by atoms with Crippen molar-refractivity contribution >= 4 is 5.69 Å². The van der Waals surface area contributed by atoms with Crippen LogP contribution >= 0.6 is 0 Å². The number of nitrogens with one attached hydrogen (secondary N) is 1. The summed E-state index contributed by atoms with van der Waals surface area (Å²) in [7, 11) is 0. The standard InChI is InChI=1S/C8H10NO/c1-2-9-7-4-3-5-8(10)6-7/h3-6,9H,2H2,1H3. The minimum absolute atomic E-state index is 0.0541. The molecule has 1 rings (SSSR count). The third-order valence-electron chi connectivity index (χ3n) is 1.21. The summed E-state index contributed by atoms with van der Waals surface area (Å²) in [5, 5.41) is 13.8. The Bertz CT molecular complexity index is 210. The Labute approximate surface area is 60.5 Å². The molecule has 0 spiro atoms. The van der Waals surface area contributed by atoms with Crippen LogP contribution in [0.5, 0.6) is 5.75 Å². The zero-order valence-corrected chi connectivity index (χ0v) is 5.92. The summed E-state index contributed by atoms with van der Waals surface area (Å²) in [4.78, 5) is 0. The Hall–Kier alpha value is -1.18. The van der Waals surface area contributed by atoms with Crippen molar-refractivity contribution in [1.82, 2.24) is 0 Å². The highest BCUT2D eigenvalue weighted by molar-refractivity contribution is 5.47. The zero-order valence-electron chi connectivity index (χ0n) is 5.92. The van der Waals surface area contributed by atoms with E-state index in [4.69, 9.17) is 0 Å². The second-order valence-electron chi connectivity index (χ2n) is 2.06. The van der Waals surface area contributed by atoms with E-state index in [1.165, 1.54) is 0 Å². The van der Waals surface area contributed by atoms with Crippen molar-refractivity contribution in [2.45, 2.75) is 6.92 Å². The molecular formula is C8H10NO. The lowest BCUT2D eigenvalue weighted by Crippen LogP contribution is -1.94. The molecule has 0 aliphatic carbocycles. The molecule has 0 fully saturated rings. The van der Waals surface area contributed by atoms with Crippen molar-refractivity contribution < 1.29 is 5.11 Å². The Morgan fingerprint density at radius 1 is 1.50 bits per heavy atom. The summed E-state index contributed by atoms with van der Waals surface area (Å²) >= 11 is 0. The van der Waals surface area contributed by atoms with Crippen molar-refractivity contribution in [3.8, 4) is 5.75 Å². The summed E-state index contributed by atoms with van der Waals surface area (Å²) in [6, 6.07) is 6.76. The van der Waals surface area contributed by atoms with Gasteiger partial charge in [0.1, 0.15) is 0 Å². The van der Waals surface area contributed by atoms with Gasteiger partial charge in [0.15, 0.2) is 5.75 Å². The predicted octanol–water partition coefficient (Wildman–Crippen LogP) is 2.26. The van der Waals surface area contributed by atoms with Crippen LogP contribution in [-0.2, 0) is 5.11 Å². The molecule has 0 aliphatic heterocycles. The maximum Gasteiger partial charge on any atom is 0.180 e. The first-order valence-corrected chi connectivity index (χ1v) is 3.34. The summed E-state index contributed by atoms with van der Waals surface area (Å²) in [5.41, 5.74) is 0.898. The van der Waals surface area contributed by atoms with Crippen LogP contribution in [-0.4, -0.2) is 6.54 Å². The van der Waals surface area contributed by atoms with E-state index < -0.39 is 0 Å². The SMILES string of the molecule is CCNc1cccc([O])c1. The molecule has 53 valence electrons. The van der Waals surface area contributed by atoms with Crippen molar-refractivity contribution in [3.05, 3.63) is 24.3 Å². The van der Waals surface area contributed by atoms with Gasteiger partial charge in [0.05, 0.1) is 0 Å². The van der Waals surface area contributed by atoms with Crippen molar-refractivity contribution in [3.63, 3.8) is 0 Å². The summed E-state index contributed by atoms with van der Waals surface area (Å²) in [5.74, 6) is 0.0541. The van der Waals surface area contributed by atoms with Gasteiger partial charge in [-0.3, -0.25) is 5.11 Å². The summed E-state index contributed by atoms with van der Waals surface area (Å²) < 4.78 is 0. The molecule has 0 atom stereocenters. The first kappa shape index (κ1) is 6.93. The van der Waals surface area contributed by atoms with Gasteiger partial charge in [-0.2, -0.15) is 0 Å². The fourth-order valence-electron chi connectivity index (χ4n) is 0.810. The largest absolute Gasteiger partial charge is 0.385 e. The van der Waals surface area contributed by atoms with E-state index in [-0.39, 0.29) is 5.75 Å². The lowest BCUT2D eigenvalue weighted by atomic mass is 10.3. The molecule has 0 bridgehead atoms. The smallest absolute Gasteiger partial charge is 0.180 e. The molecule has 10 heavy (non-hydrogen) atoms. The van der Waals surface area contributed by atoms with Crippen molar-refractivity contribution in [1.29, 1.82) is 0 Å². The Balaban J connectivity index is 2.75. The molecule has 1 radical (unpaired) electrons. The van der Waals surface area contributed by atoms with Crippen LogP contribution in [0, 0.1) is 0 Å². The van der Waals surface area contributed by atoms with E-state index in [9.17, 15) is 5.11 Å². The molecule has 0 saturated heterocycles. The van der Waals surface area contributed by atoms with Crippen LogP contribution in [0.25, 0.3) is 0 Å². The monoisotopic (exact) mass is 136 g/mol. The first-order valence-electron chi connectivity index (χ1n) is 3.34. The van der Waals surface area contributed by atoms with Gasteiger partial charge in [-0.25, -0.2) is 0 Å². The number of hydrogen-bond acceptors (Lipinski definition) is 1. The van der Waals surface area contributed by atoms with Crippen LogP contribution in [0.2, 0.25) is 0 Å². The van der Waals surface area contributed by atoms with Gasteiger partial charge >= 0.3 is 0 Å². The zero-order chi connectivity index (χ0) is 7.40. The van der Waals surface area contributed by atoms with Gasteiger partial charge in [-0.15, -0.1) is 0 Å². The minimum atomic E-state index is 0.0541. The summed E-state index contributed by atoms with van der Waals surface area (Å²) in [6.07, 6.45) is 0. The highest BCUT2D eigenvalue weighted by Gasteiger charge is 1.91. The molecule has 1 aromatic rings. The molecule has 2 nitrogen and oxygen atoms in total. The molecule has 1 N–H and O–H groups in total. The van der Waals surface area contributed by atoms with Gasteiger partial charge in [-0.05, 0) is 19.1 Å². The number of anilines is 1. The molecular weight excluding hydrogens is 126 g/mol. The van der Waals surface area contributed by atoms with Gasteiger partial charge in [0.2, 0.25) is 0 Å². The quantitative estimate of drug-likeness (QED) is 0.664. The van der Waals surface area contributed by atoms with Crippen LogP contribution in [0.15, 0.2) is 24.3 Å². The van der Waals surface area contributed by atoms with Crippen molar-refractivity contribution in [2.24, 2.45) is 0 Å². The maximum atomic E-state index is 10.7. The third-order valence-corrected chi connectivity index (χ3v) is 1.21. The van der Waals surface area contributed by atoms with Crippen LogP contribution in [0.4, 0.5) is 5.69 Å². The number of benzene rings is 1. The molecule has 2 heteroatoms.